The second kappa shape index (κ2) is 7.98. The summed E-state index contributed by atoms with van der Waals surface area (Å²) in [5, 5.41) is 13.2. The lowest BCUT2D eigenvalue weighted by Crippen LogP contribution is -2.55. The van der Waals surface area contributed by atoms with Gasteiger partial charge >= 0.3 is 6.09 Å². The summed E-state index contributed by atoms with van der Waals surface area (Å²) in [5.74, 6) is -1.17. The number of nitrogens with zero attached hydrogens (tertiary/aromatic N) is 1. The molecule has 2 rings (SSSR count). The topological polar surface area (TPSA) is 90.9 Å². The fraction of sp³-hybridized carbons (Fsp3) is 0.429. The van der Waals surface area contributed by atoms with Gasteiger partial charge in [0.25, 0.3) is 5.91 Å². The molecule has 1 saturated heterocycles. The number of benzene rings is 1. The fourth-order valence-electron chi connectivity index (χ4n) is 2.24. The molecule has 0 aromatic heterocycles. The number of nitrogens with one attached hydrogen (secondary N) is 2. The summed E-state index contributed by atoms with van der Waals surface area (Å²) >= 11 is 5.55. The maximum absolute atomic E-state index is 13.3. The molecule has 0 unspecified atom stereocenters. The highest BCUT2D eigenvalue weighted by atomic mass is 35.5. The Morgan fingerprint density at radius 1 is 1.43 bits per heavy atom. The molecule has 0 aliphatic carbocycles. The van der Waals surface area contributed by atoms with Crippen molar-refractivity contribution in [2.45, 2.75) is 18.9 Å². The predicted molar refractivity (Wildman–Crippen MR) is 80.8 cm³/mol. The molecule has 2 amide bonds. The van der Waals surface area contributed by atoms with Crippen LogP contribution in [0.1, 0.15) is 12.8 Å². The van der Waals surface area contributed by atoms with E-state index in [-0.39, 0.29) is 16.8 Å². The van der Waals surface area contributed by atoms with Gasteiger partial charge in [0, 0.05) is 6.07 Å². The molecule has 126 valence electrons. The second-order valence-corrected chi connectivity index (χ2v) is 5.44. The van der Waals surface area contributed by atoms with Crippen LogP contribution in [0.2, 0.25) is 5.02 Å². The molecule has 1 heterocycles. The zero-order chi connectivity index (χ0) is 16.8. The minimum absolute atomic E-state index is 0.0511. The van der Waals surface area contributed by atoms with E-state index >= 15 is 0 Å². The van der Waals surface area contributed by atoms with Gasteiger partial charge in [0.1, 0.15) is 11.6 Å². The number of hydrogen-bond acceptors (Lipinski definition) is 4. The lowest BCUT2D eigenvalue weighted by molar-refractivity contribution is -0.128. The standard InChI is InChI=1S/C14H17ClFN3O4/c15-11-2-1-10(7-12(11)16)23-8-13(20)18-19(14(21)22)9-3-5-17-6-4-9/h1-2,7,9,17H,3-6,8H2,(H,18,20)(H,21,22). The van der Waals surface area contributed by atoms with Crippen LogP contribution in [0.5, 0.6) is 5.75 Å². The molecular weight excluding hydrogens is 329 g/mol. The van der Waals surface area contributed by atoms with Crippen molar-refractivity contribution in [1.29, 1.82) is 0 Å². The van der Waals surface area contributed by atoms with Gasteiger partial charge in [0.2, 0.25) is 0 Å². The summed E-state index contributed by atoms with van der Waals surface area (Å²) in [7, 11) is 0. The van der Waals surface area contributed by atoms with Crippen molar-refractivity contribution in [3.63, 3.8) is 0 Å². The quantitative estimate of drug-likeness (QED) is 0.721. The summed E-state index contributed by atoms with van der Waals surface area (Å²) in [4.78, 5) is 23.1. The van der Waals surface area contributed by atoms with Crippen LogP contribution in [0, 0.1) is 5.82 Å². The highest BCUT2D eigenvalue weighted by Crippen LogP contribution is 2.20. The molecule has 0 radical (unpaired) electrons. The van der Waals surface area contributed by atoms with Gasteiger partial charge < -0.3 is 15.2 Å². The molecule has 1 aliphatic heterocycles. The van der Waals surface area contributed by atoms with E-state index in [0.717, 1.165) is 11.1 Å². The van der Waals surface area contributed by atoms with Gasteiger partial charge in [-0.25, -0.2) is 14.2 Å². The van der Waals surface area contributed by atoms with Gasteiger partial charge in [-0.1, -0.05) is 11.6 Å². The largest absolute Gasteiger partial charge is 0.484 e. The third-order valence-corrected chi connectivity index (χ3v) is 3.69. The normalized spacial score (nSPS) is 15.0. The minimum Gasteiger partial charge on any atom is -0.484 e. The van der Waals surface area contributed by atoms with Crippen LogP contribution in [-0.2, 0) is 4.79 Å². The average Bonchev–Trinajstić information content (AvgIpc) is 2.54. The molecule has 1 fully saturated rings. The van der Waals surface area contributed by atoms with Crippen LogP contribution in [0.25, 0.3) is 0 Å². The zero-order valence-electron chi connectivity index (χ0n) is 12.2. The Morgan fingerprint density at radius 3 is 2.74 bits per heavy atom. The van der Waals surface area contributed by atoms with Crippen molar-refractivity contribution in [3.8, 4) is 5.75 Å². The van der Waals surface area contributed by atoms with E-state index in [2.05, 4.69) is 10.7 Å². The van der Waals surface area contributed by atoms with Gasteiger partial charge in [0.15, 0.2) is 6.61 Å². The number of carboxylic acid groups (broad SMARTS) is 1. The molecule has 0 spiro atoms. The third-order valence-electron chi connectivity index (χ3n) is 3.39. The van der Waals surface area contributed by atoms with E-state index in [0.29, 0.717) is 25.9 Å². The lowest BCUT2D eigenvalue weighted by atomic mass is 10.1. The number of ether oxygens (including phenoxy) is 1. The van der Waals surface area contributed by atoms with E-state index < -0.39 is 24.4 Å². The molecule has 0 bridgehead atoms. The molecule has 1 aromatic carbocycles. The van der Waals surface area contributed by atoms with Crippen LogP contribution in [0.3, 0.4) is 0 Å². The number of hydrazine groups is 1. The Bertz CT molecular complexity index is 581. The van der Waals surface area contributed by atoms with Crippen molar-refractivity contribution in [2.75, 3.05) is 19.7 Å². The van der Waals surface area contributed by atoms with Gasteiger partial charge in [-0.3, -0.25) is 10.2 Å². The van der Waals surface area contributed by atoms with Crippen LogP contribution >= 0.6 is 11.6 Å². The van der Waals surface area contributed by atoms with Gasteiger partial charge in [-0.2, -0.15) is 0 Å². The summed E-state index contributed by atoms with van der Waals surface area (Å²) in [6.07, 6.45) is -0.0196. The van der Waals surface area contributed by atoms with E-state index in [1.165, 1.54) is 12.1 Å². The average molecular weight is 346 g/mol. The zero-order valence-corrected chi connectivity index (χ0v) is 13.0. The summed E-state index contributed by atoms with van der Waals surface area (Å²) in [6, 6.07) is 3.49. The van der Waals surface area contributed by atoms with Crippen molar-refractivity contribution in [3.05, 3.63) is 29.0 Å². The number of piperidine rings is 1. The van der Waals surface area contributed by atoms with Crippen molar-refractivity contribution in [2.24, 2.45) is 0 Å². The minimum atomic E-state index is -1.23. The maximum Gasteiger partial charge on any atom is 0.426 e. The van der Waals surface area contributed by atoms with E-state index in [4.69, 9.17) is 16.3 Å². The van der Waals surface area contributed by atoms with Crippen LogP contribution in [-0.4, -0.2) is 47.9 Å². The summed E-state index contributed by atoms with van der Waals surface area (Å²) in [6.45, 7) is 0.936. The SMILES string of the molecule is O=C(COc1ccc(Cl)c(F)c1)NN(C(=O)O)C1CCNCC1. The molecule has 3 N–H and O–H groups in total. The fourth-order valence-corrected chi connectivity index (χ4v) is 2.36. The lowest BCUT2D eigenvalue weighted by Gasteiger charge is -2.32. The Labute approximate surface area is 137 Å². The molecule has 0 atom stereocenters. The van der Waals surface area contributed by atoms with Gasteiger partial charge in [-0.05, 0) is 38.1 Å². The highest BCUT2D eigenvalue weighted by Gasteiger charge is 2.26. The monoisotopic (exact) mass is 345 g/mol. The Balaban J connectivity index is 1.88. The predicted octanol–water partition coefficient (Wildman–Crippen LogP) is 1.62. The van der Waals surface area contributed by atoms with E-state index in [1.807, 2.05) is 0 Å². The summed E-state index contributed by atoms with van der Waals surface area (Å²) in [5.41, 5.74) is 2.30. The number of halogens is 2. The molecule has 1 aromatic rings. The second-order valence-electron chi connectivity index (χ2n) is 5.03. The maximum atomic E-state index is 13.3. The van der Waals surface area contributed by atoms with Gasteiger partial charge in [0.05, 0.1) is 11.1 Å². The van der Waals surface area contributed by atoms with Gasteiger partial charge in [-0.15, -0.1) is 0 Å². The first kappa shape index (κ1) is 17.3. The van der Waals surface area contributed by atoms with Crippen LogP contribution in [0.15, 0.2) is 18.2 Å². The number of rotatable bonds is 4. The third kappa shape index (κ3) is 4.97. The molecule has 1 aliphatic rings. The van der Waals surface area contributed by atoms with Crippen molar-refractivity contribution >= 4 is 23.6 Å². The van der Waals surface area contributed by atoms with Crippen molar-refractivity contribution < 1.29 is 23.8 Å². The Kier molecular flexibility index (Phi) is 6.00. The first-order valence-corrected chi connectivity index (χ1v) is 7.45. The van der Waals surface area contributed by atoms with Crippen LogP contribution in [0.4, 0.5) is 9.18 Å². The molecule has 7 nitrogen and oxygen atoms in total. The van der Waals surface area contributed by atoms with Crippen LogP contribution < -0.4 is 15.5 Å². The Hall–Kier alpha value is -2.06. The number of amides is 2. The number of carbonyl (C=O) groups excluding carboxylic acids is 1. The number of hydrogen-bond donors (Lipinski definition) is 3. The van der Waals surface area contributed by atoms with E-state index in [1.54, 1.807) is 0 Å². The number of carbonyl (C=O) groups is 2. The summed E-state index contributed by atoms with van der Waals surface area (Å²) < 4.78 is 18.4. The first-order valence-electron chi connectivity index (χ1n) is 7.07. The Morgan fingerprint density at radius 2 is 2.13 bits per heavy atom. The first-order chi connectivity index (χ1) is 11.0. The molecule has 9 heteroatoms. The smallest absolute Gasteiger partial charge is 0.426 e. The molecular formula is C14H17ClFN3O4. The van der Waals surface area contributed by atoms with Crippen molar-refractivity contribution in [1.82, 2.24) is 15.8 Å². The molecule has 0 saturated carbocycles. The van der Waals surface area contributed by atoms with E-state index in [9.17, 15) is 19.1 Å². The highest BCUT2D eigenvalue weighted by molar-refractivity contribution is 6.30. The molecule has 23 heavy (non-hydrogen) atoms.